The van der Waals surface area contributed by atoms with Crippen LogP contribution < -0.4 is 9.64 Å². The second-order valence-electron chi connectivity index (χ2n) is 8.73. The molecule has 7 nitrogen and oxygen atoms in total. The van der Waals surface area contributed by atoms with Crippen LogP contribution in [0.15, 0.2) is 6.20 Å². The van der Waals surface area contributed by atoms with Crippen LogP contribution in [0.2, 0.25) is 0 Å². The molecule has 0 amide bonds. The highest BCUT2D eigenvalue weighted by Gasteiger charge is 2.31. The Hall–Kier alpha value is -1.89. The van der Waals surface area contributed by atoms with E-state index in [0.29, 0.717) is 18.2 Å². The van der Waals surface area contributed by atoms with Gasteiger partial charge in [0.15, 0.2) is 5.65 Å². The summed E-state index contributed by atoms with van der Waals surface area (Å²) in [5.41, 5.74) is 0.579. The van der Waals surface area contributed by atoms with Crippen molar-refractivity contribution in [2.75, 3.05) is 25.1 Å². The summed E-state index contributed by atoms with van der Waals surface area (Å²) in [5.74, 6) is 1.18. The Balaban J connectivity index is 2.09. The summed E-state index contributed by atoms with van der Waals surface area (Å²) in [6, 6.07) is 0. The summed E-state index contributed by atoms with van der Waals surface area (Å²) in [7, 11) is 1.62. The number of nitrogens with zero attached hydrogens (tertiary/aromatic N) is 5. The van der Waals surface area contributed by atoms with E-state index in [0.717, 1.165) is 30.5 Å². The van der Waals surface area contributed by atoms with E-state index in [2.05, 4.69) is 49.6 Å². The van der Waals surface area contributed by atoms with Gasteiger partial charge >= 0.3 is 0 Å². The van der Waals surface area contributed by atoms with Crippen LogP contribution in [-0.4, -0.2) is 51.2 Å². The van der Waals surface area contributed by atoms with Gasteiger partial charge in [-0.25, -0.2) is 4.68 Å². The first-order chi connectivity index (χ1) is 11.6. The van der Waals surface area contributed by atoms with Crippen LogP contribution in [0.5, 0.6) is 5.88 Å². The van der Waals surface area contributed by atoms with Crippen molar-refractivity contribution in [3.63, 3.8) is 0 Å². The van der Waals surface area contributed by atoms with E-state index >= 15 is 0 Å². The third-order valence-corrected chi connectivity index (χ3v) is 4.63. The molecule has 1 unspecified atom stereocenters. The number of hydrogen-bond donors (Lipinski definition) is 1. The van der Waals surface area contributed by atoms with Gasteiger partial charge in [-0.1, -0.05) is 13.8 Å². The molecule has 3 rings (SSSR count). The maximum Gasteiger partial charge on any atom is 0.230 e. The van der Waals surface area contributed by atoms with E-state index in [1.165, 1.54) is 0 Å². The average Bonchev–Trinajstić information content (AvgIpc) is 2.87. The number of anilines is 1. The van der Waals surface area contributed by atoms with E-state index in [4.69, 9.17) is 9.72 Å². The monoisotopic (exact) mass is 347 g/mol. The Bertz CT molecular complexity index is 763. The van der Waals surface area contributed by atoms with Gasteiger partial charge in [-0.05, 0) is 39.0 Å². The fourth-order valence-electron chi connectivity index (χ4n) is 3.53. The van der Waals surface area contributed by atoms with Crippen molar-refractivity contribution >= 4 is 17.0 Å². The molecule has 0 spiro atoms. The standard InChI is InChI=1S/C18H29N5O2/c1-17(2,3)23-14-13(10-19-23)15(25-6)21-16(20-14)22-8-7-12(24)9-18(4,5)11-22/h10,12,24H,7-9,11H2,1-6H3. The maximum atomic E-state index is 10.2. The minimum absolute atomic E-state index is 0.00819. The van der Waals surface area contributed by atoms with Crippen molar-refractivity contribution in [3.8, 4) is 5.88 Å². The van der Waals surface area contributed by atoms with E-state index in [9.17, 15) is 5.11 Å². The fourth-order valence-corrected chi connectivity index (χ4v) is 3.53. The van der Waals surface area contributed by atoms with Crippen LogP contribution in [0.3, 0.4) is 0 Å². The second-order valence-corrected chi connectivity index (χ2v) is 8.73. The highest BCUT2D eigenvalue weighted by atomic mass is 16.5. The third-order valence-electron chi connectivity index (χ3n) is 4.63. The minimum atomic E-state index is -0.286. The van der Waals surface area contributed by atoms with Gasteiger partial charge in [0.25, 0.3) is 0 Å². The van der Waals surface area contributed by atoms with Gasteiger partial charge < -0.3 is 14.7 Å². The smallest absolute Gasteiger partial charge is 0.230 e. The fraction of sp³-hybridized carbons (Fsp3) is 0.722. The number of ether oxygens (including phenoxy) is 1. The van der Waals surface area contributed by atoms with Crippen molar-refractivity contribution in [2.24, 2.45) is 5.41 Å². The Labute approximate surface area is 149 Å². The molecule has 25 heavy (non-hydrogen) atoms. The number of rotatable bonds is 2. The van der Waals surface area contributed by atoms with E-state index in [1.54, 1.807) is 13.3 Å². The van der Waals surface area contributed by atoms with Gasteiger partial charge in [-0.15, -0.1) is 0 Å². The Kier molecular flexibility index (Phi) is 4.39. The van der Waals surface area contributed by atoms with Crippen molar-refractivity contribution in [1.29, 1.82) is 0 Å². The average molecular weight is 347 g/mol. The molecule has 1 N–H and O–H groups in total. The molecule has 0 saturated carbocycles. The van der Waals surface area contributed by atoms with Gasteiger partial charge in [0.05, 0.1) is 24.9 Å². The quantitative estimate of drug-likeness (QED) is 0.900. The highest BCUT2D eigenvalue weighted by molar-refractivity contribution is 5.81. The van der Waals surface area contributed by atoms with Gasteiger partial charge in [-0.3, -0.25) is 0 Å². The summed E-state index contributed by atoms with van der Waals surface area (Å²) in [5, 5.41) is 15.5. The van der Waals surface area contributed by atoms with Crippen molar-refractivity contribution in [1.82, 2.24) is 19.7 Å². The molecule has 2 aromatic heterocycles. The lowest BCUT2D eigenvalue weighted by atomic mass is 9.87. The van der Waals surface area contributed by atoms with Crippen LogP contribution in [0.1, 0.15) is 47.5 Å². The van der Waals surface area contributed by atoms with Gasteiger partial charge in [0.1, 0.15) is 5.39 Å². The van der Waals surface area contributed by atoms with Gasteiger partial charge in [-0.2, -0.15) is 15.1 Å². The lowest BCUT2D eigenvalue weighted by Gasteiger charge is -2.30. The highest BCUT2D eigenvalue weighted by Crippen LogP contribution is 2.33. The molecule has 1 atom stereocenters. The van der Waals surface area contributed by atoms with Gasteiger partial charge in [0.2, 0.25) is 11.8 Å². The molecular formula is C18H29N5O2. The zero-order valence-corrected chi connectivity index (χ0v) is 16.1. The molecule has 0 aliphatic carbocycles. The zero-order valence-electron chi connectivity index (χ0n) is 16.1. The van der Waals surface area contributed by atoms with Crippen molar-refractivity contribution < 1.29 is 9.84 Å². The topological polar surface area (TPSA) is 76.3 Å². The van der Waals surface area contributed by atoms with Crippen LogP contribution in [-0.2, 0) is 5.54 Å². The molecule has 1 aliphatic heterocycles. The SMILES string of the molecule is COc1nc(N2CCC(O)CC(C)(C)C2)nc2c1cnn2C(C)(C)C. The first-order valence-corrected chi connectivity index (χ1v) is 8.84. The van der Waals surface area contributed by atoms with E-state index in [1.807, 2.05) is 4.68 Å². The molecule has 138 valence electrons. The lowest BCUT2D eigenvalue weighted by molar-refractivity contribution is 0.123. The van der Waals surface area contributed by atoms with E-state index < -0.39 is 0 Å². The minimum Gasteiger partial charge on any atom is -0.480 e. The summed E-state index contributed by atoms with van der Waals surface area (Å²) in [6.45, 7) is 12.1. The predicted octanol–water partition coefficient (Wildman–Crippen LogP) is 2.58. The normalized spacial score (nSPS) is 21.4. The molecule has 0 radical (unpaired) electrons. The number of fused-ring (bicyclic) bond motifs is 1. The van der Waals surface area contributed by atoms with Crippen molar-refractivity contribution in [2.45, 2.75) is 59.1 Å². The summed E-state index contributed by atoms with van der Waals surface area (Å²) in [6.07, 6.45) is 2.97. The first-order valence-electron chi connectivity index (χ1n) is 8.84. The molecule has 0 bridgehead atoms. The molecule has 1 fully saturated rings. The van der Waals surface area contributed by atoms with Crippen LogP contribution >= 0.6 is 0 Å². The molecule has 1 aliphatic rings. The molecule has 2 aromatic rings. The molecule has 7 heteroatoms. The molecular weight excluding hydrogens is 318 g/mol. The third kappa shape index (κ3) is 3.56. The molecule has 0 aromatic carbocycles. The van der Waals surface area contributed by atoms with E-state index in [-0.39, 0.29) is 17.1 Å². The Morgan fingerprint density at radius 2 is 2.00 bits per heavy atom. The maximum absolute atomic E-state index is 10.2. The first kappa shape index (κ1) is 17.9. The summed E-state index contributed by atoms with van der Waals surface area (Å²) in [4.78, 5) is 11.6. The molecule has 1 saturated heterocycles. The number of hydrogen-bond acceptors (Lipinski definition) is 6. The van der Waals surface area contributed by atoms with Crippen molar-refractivity contribution in [3.05, 3.63) is 6.20 Å². The van der Waals surface area contributed by atoms with Crippen LogP contribution in [0.4, 0.5) is 5.95 Å². The van der Waals surface area contributed by atoms with Crippen LogP contribution in [0, 0.1) is 5.41 Å². The largest absolute Gasteiger partial charge is 0.480 e. The van der Waals surface area contributed by atoms with Gasteiger partial charge in [0, 0.05) is 13.1 Å². The Morgan fingerprint density at radius 3 is 2.64 bits per heavy atom. The van der Waals surface area contributed by atoms with Crippen LogP contribution in [0.25, 0.3) is 11.0 Å². The Morgan fingerprint density at radius 1 is 1.28 bits per heavy atom. The summed E-state index contributed by atoms with van der Waals surface area (Å²) < 4.78 is 7.42. The number of aromatic nitrogens is 4. The predicted molar refractivity (Wildman–Crippen MR) is 98.1 cm³/mol. The summed E-state index contributed by atoms with van der Waals surface area (Å²) >= 11 is 0. The number of aliphatic hydroxyl groups is 1. The second kappa shape index (κ2) is 6.12. The number of methoxy groups -OCH3 is 1. The lowest BCUT2D eigenvalue weighted by Crippen LogP contribution is -2.34. The number of aliphatic hydroxyl groups excluding tert-OH is 1. The zero-order chi connectivity index (χ0) is 18.4. The molecule has 3 heterocycles.